The molecule has 0 aliphatic rings. The van der Waals surface area contributed by atoms with Gasteiger partial charge in [0.15, 0.2) is 0 Å². The van der Waals surface area contributed by atoms with E-state index in [-0.39, 0.29) is 17.4 Å². The molecule has 146 valence electrons. The summed E-state index contributed by atoms with van der Waals surface area (Å²) in [4.78, 5) is 12.9. The highest BCUT2D eigenvalue weighted by Crippen LogP contribution is 2.26. The Morgan fingerprint density at radius 3 is 2.32 bits per heavy atom. The van der Waals surface area contributed by atoms with E-state index in [1.165, 1.54) is 12.1 Å². The number of hydrogen-bond acceptors (Lipinski definition) is 5. The van der Waals surface area contributed by atoms with Gasteiger partial charge in [0.25, 0.3) is 0 Å². The van der Waals surface area contributed by atoms with Gasteiger partial charge in [-0.05, 0) is 37.1 Å². The van der Waals surface area contributed by atoms with E-state index in [1.807, 2.05) is 30.3 Å². The third-order valence-corrected chi connectivity index (χ3v) is 5.91. The van der Waals surface area contributed by atoms with Crippen molar-refractivity contribution in [3.63, 3.8) is 0 Å². The summed E-state index contributed by atoms with van der Waals surface area (Å²) in [5.41, 5.74) is 0.463. The van der Waals surface area contributed by atoms with Gasteiger partial charge in [0.05, 0.1) is 29.0 Å². The van der Waals surface area contributed by atoms with Crippen molar-refractivity contribution in [2.75, 3.05) is 6.61 Å². The van der Waals surface area contributed by atoms with E-state index in [9.17, 15) is 18.3 Å². The maximum Gasteiger partial charge on any atom is 0.230 e. The Bertz CT molecular complexity index is 989. The molecule has 0 radical (unpaired) electrons. The Balaban J connectivity index is 2.22. The van der Waals surface area contributed by atoms with Crippen molar-refractivity contribution in [1.29, 1.82) is 5.26 Å². The quantitative estimate of drug-likeness (QED) is 0.697. The van der Waals surface area contributed by atoms with Gasteiger partial charge in [-0.3, -0.25) is 4.79 Å². The van der Waals surface area contributed by atoms with Crippen LogP contribution in [0.1, 0.15) is 31.0 Å². The summed E-state index contributed by atoms with van der Waals surface area (Å²) in [6, 6.07) is 16.2. The van der Waals surface area contributed by atoms with Crippen LogP contribution in [0.3, 0.4) is 0 Å². The van der Waals surface area contributed by atoms with Crippen LogP contribution in [0.2, 0.25) is 0 Å². The Morgan fingerprint density at radius 2 is 1.79 bits per heavy atom. The number of sulfone groups is 1. The number of carbonyl (C=O) groups excluding carboxylic acids is 1. The lowest BCUT2D eigenvalue weighted by atomic mass is 9.83. The molecule has 2 rings (SSSR count). The predicted octanol–water partition coefficient (Wildman–Crippen LogP) is 2.62. The molecule has 0 fully saturated rings. The van der Waals surface area contributed by atoms with Gasteiger partial charge < -0.3 is 10.4 Å². The summed E-state index contributed by atoms with van der Waals surface area (Å²) >= 11 is 0. The fourth-order valence-electron chi connectivity index (χ4n) is 2.65. The second-order valence-corrected chi connectivity index (χ2v) is 8.58. The number of nitrogens with one attached hydrogen (secondary N) is 1. The van der Waals surface area contributed by atoms with E-state index < -0.39 is 21.3 Å². The van der Waals surface area contributed by atoms with E-state index in [4.69, 9.17) is 5.26 Å². The molecule has 2 N–H and O–H groups in total. The lowest BCUT2D eigenvalue weighted by Crippen LogP contribution is -2.42. The smallest absolute Gasteiger partial charge is 0.230 e. The molecule has 7 heteroatoms. The molecule has 0 aromatic heterocycles. The Kier molecular flexibility index (Phi) is 6.73. The van der Waals surface area contributed by atoms with Crippen LogP contribution in [0.5, 0.6) is 0 Å². The molecule has 1 atom stereocenters. The van der Waals surface area contributed by atoms with Gasteiger partial charge in [0, 0.05) is 11.5 Å². The first kappa shape index (κ1) is 21.4. The molecule has 0 heterocycles. The Labute approximate surface area is 165 Å². The zero-order valence-electron chi connectivity index (χ0n) is 15.7. The molecule has 6 nitrogen and oxygen atoms in total. The third-order valence-electron chi connectivity index (χ3n) is 4.48. The van der Waals surface area contributed by atoms with Crippen molar-refractivity contribution in [3.05, 3.63) is 77.2 Å². The molecule has 0 saturated heterocycles. The van der Waals surface area contributed by atoms with Gasteiger partial charge in [-0.25, -0.2) is 8.42 Å². The summed E-state index contributed by atoms with van der Waals surface area (Å²) in [6.45, 7) is 3.20. The fraction of sp³-hybridized carbons (Fsp3) is 0.238. The van der Waals surface area contributed by atoms with Crippen LogP contribution in [-0.4, -0.2) is 26.0 Å². The molecular weight excluding hydrogens is 376 g/mol. The lowest BCUT2D eigenvalue weighted by molar-refractivity contribution is -0.126. The molecule has 0 spiro atoms. The summed E-state index contributed by atoms with van der Waals surface area (Å²) in [5.74, 6) is -0.296. The molecule has 0 saturated carbocycles. The van der Waals surface area contributed by atoms with Crippen molar-refractivity contribution >= 4 is 15.7 Å². The first-order valence-corrected chi connectivity index (χ1v) is 10.2. The molecule has 0 aliphatic carbocycles. The Morgan fingerprint density at radius 1 is 1.18 bits per heavy atom. The van der Waals surface area contributed by atoms with Crippen LogP contribution in [0.15, 0.2) is 71.0 Å². The predicted molar refractivity (Wildman–Crippen MR) is 106 cm³/mol. The standard InChI is InChI=1S/C21H22N2O4S/c1-21(2,20(25)23-19(15-24)16-7-4-3-5-8-16)17-9-11-18(12-10-17)28(26,27)14-6-13-22/h3-12,14,19,24H,15H2,1-2H3,(H,23,25). The number of nitriles is 1. The second-order valence-electron chi connectivity index (χ2n) is 6.75. The highest BCUT2D eigenvalue weighted by molar-refractivity contribution is 7.94. The first-order chi connectivity index (χ1) is 13.2. The minimum Gasteiger partial charge on any atom is -0.394 e. The number of carbonyl (C=O) groups is 1. The molecule has 2 aromatic carbocycles. The molecular formula is C21H22N2O4S. The highest BCUT2D eigenvalue weighted by Gasteiger charge is 2.31. The van der Waals surface area contributed by atoms with Crippen molar-refractivity contribution in [2.24, 2.45) is 0 Å². The molecule has 2 aromatic rings. The number of rotatable bonds is 7. The van der Waals surface area contributed by atoms with Crippen LogP contribution in [0.25, 0.3) is 0 Å². The van der Waals surface area contributed by atoms with Gasteiger partial charge in [-0.2, -0.15) is 5.26 Å². The number of aliphatic hydroxyl groups excluding tert-OH is 1. The SMILES string of the molecule is CC(C)(C(=O)NC(CO)c1ccccc1)c1ccc(S(=O)(=O)C=CC#N)cc1. The van der Waals surface area contributed by atoms with Crippen molar-refractivity contribution < 1.29 is 18.3 Å². The lowest BCUT2D eigenvalue weighted by Gasteiger charge is -2.27. The van der Waals surface area contributed by atoms with Crippen molar-refractivity contribution in [2.45, 2.75) is 30.2 Å². The third kappa shape index (κ3) is 4.85. The summed E-state index contributed by atoms with van der Waals surface area (Å²) in [7, 11) is -3.70. The molecule has 0 aliphatic heterocycles. The topological polar surface area (TPSA) is 107 Å². The summed E-state index contributed by atoms with van der Waals surface area (Å²) < 4.78 is 24.2. The number of benzene rings is 2. The normalized spacial score (nSPS) is 13.1. The van der Waals surface area contributed by atoms with Crippen LogP contribution < -0.4 is 5.32 Å². The minimum atomic E-state index is -3.70. The first-order valence-electron chi connectivity index (χ1n) is 8.61. The molecule has 28 heavy (non-hydrogen) atoms. The molecule has 1 amide bonds. The molecule has 0 bridgehead atoms. The number of allylic oxidation sites excluding steroid dienone is 1. The van der Waals surface area contributed by atoms with Crippen molar-refractivity contribution in [3.8, 4) is 6.07 Å². The largest absolute Gasteiger partial charge is 0.394 e. The second kappa shape index (κ2) is 8.83. The van der Waals surface area contributed by atoms with Gasteiger partial charge in [-0.1, -0.05) is 42.5 Å². The average molecular weight is 398 g/mol. The number of aliphatic hydroxyl groups is 1. The maximum atomic E-state index is 12.8. The average Bonchev–Trinajstić information content (AvgIpc) is 2.71. The minimum absolute atomic E-state index is 0.0384. The summed E-state index contributed by atoms with van der Waals surface area (Å²) in [5, 5.41) is 21.8. The van der Waals surface area contributed by atoms with E-state index in [0.717, 1.165) is 17.0 Å². The highest BCUT2D eigenvalue weighted by atomic mass is 32.2. The van der Waals surface area contributed by atoms with E-state index in [0.29, 0.717) is 5.56 Å². The van der Waals surface area contributed by atoms with Crippen LogP contribution >= 0.6 is 0 Å². The van der Waals surface area contributed by atoms with E-state index in [1.54, 1.807) is 32.0 Å². The van der Waals surface area contributed by atoms with Gasteiger partial charge in [-0.15, -0.1) is 0 Å². The summed E-state index contributed by atoms with van der Waals surface area (Å²) in [6.07, 6.45) is 0.902. The monoisotopic (exact) mass is 398 g/mol. The van der Waals surface area contributed by atoms with Crippen LogP contribution in [0.4, 0.5) is 0 Å². The van der Waals surface area contributed by atoms with Crippen LogP contribution in [-0.2, 0) is 20.0 Å². The van der Waals surface area contributed by atoms with Gasteiger partial charge >= 0.3 is 0 Å². The van der Waals surface area contributed by atoms with E-state index in [2.05, 4.69) is 5.32 Å². The molecule has 1 unspecified atom stereocenters. The fourth-order valence-corrected chi connectivity index (χ4v) is 3.56. The van der Waals surface area contributed by atoms with Gasteiger partial charge in [0.2, 0.25) is 15.7 Å². The van der Waals surface area contributed by atoms with Crippen LogP contribution in [0, 0.1) is 11.3 Å². The van der Waals surface area contributed by atoms with Crippen molar-refractivity contribution in [1.82, 2.24) is 5.32 Å². The number of nitrogens with zero attached hydrogens (tertiary/aromatic N) is 1. The Hall–Kier alpha value is -2.95. The zero-order chi connectivity index (χ0) is 20.8. The number of amides is 1. The van der Waals surface area contributed by atoms with E-state index >= 15 is 0 Å². The zero-order valence-corrected chi connectivity index (χ0v) is 16.5. The number of hydrogen-bond donors (Lipinski definition) is 2. The van der Waals surface area contributed by atoms with Gasteiger partial charge in [0.1, 0.15) is 0 Å². The maximum absolute atomic E-state index is 12.8.